The summed E-state index contributed by atoms with van der Waals surface area (Å²) in [4.78, 5) is 28.0. The van der Waals surface area contributed by atoms with Gasteiger partial charge in [0.1, 0.15) is 23.2 Å². The van der Waals surface area contributed by atoms with E-state index >= 15 is 0 Å². The minimum Gasteiger partial charge on any atom is -0.497 e. The van der Waals surface area contributed by atoms with Gasteiger partial charge in [-0.1, -0.05) is 54.6 Å². The van der Waals surface area contributed by atoms with Gasteiger partial charge in [0.25, 0.3) is 14.1 Å². The SMILES string of the molecule is COc1ccc(C(OC[C@@H]2[C@@H]3Oc4cc(=O)[nH]c(=O)n4[C@@H]3C[C@H]2OP(OCCC#N)N(C(C)C)C(C)C)(c2ccccc2)c2ccc(OC)cc2)cc1. The van der Waals surface area contributed by atoms with Crippen LogP contribution in [0.2, 0.25) is 0 Å². The van der Waals surface area contributed by atoms with E-state index in [1.807, 2.05) is 78.9 Å². The molecule has 0 amide bonds. The molecular weight excluding hydrogens is 695 g/mol. The smallest absolute Gasteiger partial charge is 0.331 e. The van der Waals surface area contributed by atoms with Crippen LogP contribution in [0.4, 0.5) is 0 Å². The molecule has 1 aliphatic heterocycles. The number of aromatic nitrogens is 2. The Bertz CT molecular complexity index is 1920. The van der Waals surface area contributed by atoms with Crippen molar-refractivity contribution in [2.24, 2.45) is 5.92 Å². The molecule has 3 aromatic carbocycles. The number of hydrogen-bond donors (Lipinski definition) is 1. The van der Waals surface area contributed by atoms with Gasteiger partial charge in [-0.15, -0.1) is 0 Å². The average molecular weight is 743 g/mol. The fourth-order valence-corrected chi connectivity index (χ4v) is 9.30. The van der Waals surface area contributed by atoms with Gasteiger partial charge in [0.15, 0.2) is 0 Å². The molecule has 4 aromatic rings. The fraction of sp³-hybridized carbons (Fsp3) is 0.425. The van der Waals surface area contributed by atoms with Crippen LogP contribution in [0.3, 0.4) is 0 Å². The maximum Gasteiger partial charge on any atom is 0.331 e. The first-order valence-corrected chi connectivity index (χ1v) is 19.0. The van der Waals surface area contributed by atoms with E-state index < -0.39 is 49.5 Å². The standard InChI is InChI=1S/C40H47N4O8P/c1-26(2)44(27(3)4)53(50-22-10-21-41)52-35-23-34-38(51-37-24-36(45)42-39(46)43(34)37)33(35)25-49-40(28-11-8-7-9-12-28,29-13-17-31(47-5)18-14-29)30-15-19-32(48-6)20-16-30/h7-9,11-20,24,26-27,33-35,38H,10,22-23,25H2,1-6H3,(H,42,45,46)/t33-,34+,35+,38-,53?/m0/s1. The van der Waals surface area contributed by atoms with Crippen LogP contribution in [0.25, 0.3) is 0 Å². The van der Waals surface area contributed by atoms with Gasteiger partial charge < -0.3 is 28.0 Å². The van der Waals surface area contributed by atoms with E-state index in [9.17, 15) is 14.9 Å². The van der Waals surface area contributed by atoms with Gasteiger partial charge >= 0.3 is 5.69 Å². The molecule has 1 N–H and O–H groups in total. The summed E-state index contributed by atoms with van der Waals surface area (Å²) in [6.07, 6.45) is -0.404. The first kappa shape index (κ1) is 38.2. The van der Waals surface area contributed by atoms with Gasteiger partial charge in [0.05, 0.1) is 58.1 Å². The van der Waals surface area contributed by atoms with Crippen molar-refractivity contribution < 1.29 is 28.0 Å². The van der Waals surface area contributed by atoms with Crippen molar-refractivity contribution in [2.45, 2.75) is 76.5 Å². The van der Waals surface area contributed by atoms with Crippen molar-refractivity contribution in [1.82, 2.24) is 14.2 Å². The molecule has 6 rings (SSSR count). The van der Waals surface area contributed by atoms with E-state index in [4.69, 9.17) is 28.0 Å². The third kappa shape index (κ3) is 7.77. The molecule has 5 atom stereocenters. The van der Waals surface area contributed by atoms with Gasteiger partial charge in [-0.2, -0.15) is 5.26 Å². The zero-order valence-corrected chi connectivity index (χ0v) is 31.8. The number of fused-ring (bicyclic) bond motifs is 3. The molecule has 1 aromatic heterocycles. The second-order valence-corrected chi connectivity index (χ2v) is 15.1. The topological polar surface area (TPSA) is 137 Å². The number of nitrogens with zero attached hydrogens (tertiary/aromatic N) is 3. The Balaban J connectivity index is 1.45. The highest BCUT2D eigenvalue weighted by molar-refractivity contribution is 7.44. The van der Waals surface area contributed by atoms with E-state index in [0.29, 0.717) is 17.9 Å². The number of nitrogens with one attached hydrogen (secondary N) is 1. The molecule has 1 fully saturated rings. The summed E-state index contributed by atoms with van der Waals surface area (Å²) in [5.41, 5.74) is 0.458. The normalized spacial score (nSPS) is 19.8. The first-order chi connectivity index (χ1) is 25.6. The van der Waals surface area contributed by atoms with Crippen LogP contribution in [-0.2, 0) is 19.4 Å². The van der Waals surface area contributed by atoms with Crippen LogP contribution in [0, 0.1) is 17.2 Å². The molecule has 2 aliphatic rings. The Hall–Kier alpha value is -4.50. The fourth-order valence-electron chi connectivity index (χ4n) is 7.52. The van der Waals surface area contributed by atoms with E-state index in [1.165, 1.54) is 10.6 Å². The molecule has 1 saturated carbocycles. The molecule has 0 radical (unpaired) electrons. The quantitative estimate of drug-likeness (QED) is 0.0765. The maximum absolute atomic E-state index is 13.2. The molecule has 13 heteroatoms. The van der Waals surface area contributed by atoms with Crippen LogP contribution in [0.1, 0.15) is 63.3 Å². The highest BCUT2D eigenvalue weighted by Crippen LogP contribution is 2.54. The molecule has 0 spiro atoms. The van der Waals surface area contributed by atoms with Crippen LogP contribution < -0.4 is 25.5 Å². The number of H-pyrrole nitrogens is 1. The van der Waals surface area contributed by atoms with Crippen molar-refractivity contribution in [3.63, 3.8) is 0 Å². The lowest BCUT2D eigenvalue weighted by atomic mass is 9.79. The van der Waals surface area contributed by atoms with Crippen LogP contribution in [-0.4, -0.2) is 65.9 Å². The number of nitriles is 1. The summed E-state index contributed by atoms with van der Waals surface area (Å²) in [6.45, 7) is 8.70. The summed E-state index contributed by atoms with van der Waals surface area (Å²) >= 11 is 0. The second-order valence-electron chi connectivity index (χ2n) is 13.7. The van der Waals surface area contributed by atoms with Crippen LogP contribution in [0.5, 0.6) is 17.4 Å². The molecule has 0 bridgehead atoms. The lowest BCUT2D eigenvalue weighted by Crippen LogP contribution is -2.40. The summed E-state index contributed by atoms with van der Waals surface area (Å²) < 4.78 is 41.9. The molecule has 1 unspecified atom stereocenters. The predicted octanol–water partition coefficient (Wildman–Crippen LogP) is 6.55. The molecule has 12 nitrogen and oxygen atoms in total. The van der Waals surface area contributed by atoms with Crippen molar-refractivity contribution in [3.8, 4) is 23.4 Å². The zero-order chi connectivity index (χ0) is 37.7. The summed E-state index contributed by atoms with van der Waals surface area (Å²) in [5, 5.41) is 9.31. The number of methoxy groups -OCH3 is 2. The van der Waals surface area contributed by atoms with E-state index in [-0.39, 0.29) is 37.6 Å². The van der Waals surface area contributed by atoms with Crippen molar-refractivity contribution >= 4 is 8.53 Å². The van der Waals surface area contributed by atoms with Crippen LogP contribution >= 0.6 is 8.53 Å². The maximum atomic E-state index is 13.2. The second kappa shape index (κ2) is 16.7. The Labute approximate surface area is 311 Å². The summed E-state index contributed by atoms with van der Waals surface area (Å²) in [5.74, 6) is 1.22. The van der Waals surface area contributed by atoms with Gasteiger partial charge in [-0.3, -0.25) is 14.3 Å². The highest BCUT2D eigenvalue weighted by atomic mass is 31.2. The Morgan fingerprint density at radius 3 is 2.06 bits per heavy atom. The lowest BCUT2D eigenvalue weighted by molar-refractivity contribution is -0.0468. The molecule has 1 aliphatic carbocycles. The van der Waals surface area contributed by atoms with Crippen LogP contribution in [0.15, 0.2) is 94.5 Å². The number of hydrogen-bond acceptors (Lipinski definition) is 10. The predicted molar refractivity (Wildman–Crippen MR) is 201 cm³/mol. The van der Waals surface area contributed by atoms with E-state index in [1.54, 1.807) is 14.2 Å². The minimum absolute atomic E-state index is 0.0827. The Morgan fingerprint density at radius 1 is 0.925 bits per heavy atom. The largest absolute Gasteiger partial charge is 0.497 e. The highest BCUT2D eigenvalue weighted by Gasteiger charge is 2.54. The zero-order valence-electron chi connectivity index (χ0n) is 30.9. The number of ether oxygens (including phenoxy) is 4. The lowest BCUT2D eigenvalue weighted by Gasteiger charge is -2.39. The van der Waals surface area contributed by atoms with E-state index in [2.05, 4.69) is 43.4 Å². The van der Waals surface area contributed by atoms with Gasteiger partial charge in [-0.05, 0) is 75.1 Å². The third-order valence-electron chi connectivity index (χ3n) is 9.84. The van der Waals surface area contributed by atoms with Crippen molar-refractivity contribution in [1.29, 1.82) is 5.26 Å². The minimum atomic E-state index is -1.63. The van der Waals surface area contributed by atoms with Crippen molar-refractivity contribution in [2.75, 3.05) is 27.4 Å². The van der Waals surface area contributed by atoms with Gasteiger partial charge in [-0.25, -0.2) is 9.46 Å². The summed E-state index contributed by atoms with van der Waals surface area (Å²) in [6, 6.07) is 28.9. The van der Waals surface area contributed by atoms with Crippen molar-refractivity contribution in [3.05, 3.63) is 122 Å². The van der Waals surface area contributed by atoms with Gasteiger partial charge in [0, 0.05) is 18.0 Å². The average Bonchev–Trinajstić information content (AvgIpc) is 3.67. The molecular formula is C40H47N4O8P. The summed E-state index contributed by atoms with van der Waals surface area (Å²) in [7, 11) is 1.63. The molecule has 2 heterocycles. The first-order valence-electron chi connectivity index (χ1n) is 17.9. The van der Waals surface area contributed by atoms with Gasteiger partial charge in [0.2, 0.25) is 5.88 Å². The van der Waals surface area contributed by atoms with E-state index in [0.717, 1.165) is 16.7 Å². The number of rotatable bonds is 16. The molecule has 280 valence electrons. The number of aromatic amines is 1. The molecule has 53 heavy (non-hydrogen) atoms. The third-order valence-corrected chi connectivity index (χ3v) is 12.0. The Kier molecular flexibility index (Phi) is 12.0. The number of benzene rings is 3. The monoisotopic (exact) mass is 742 g/mol. The Morgan fingerprint density at radius 2 is 1.51 bits per heavy atom. The molecule has 0 saturated heterocycles.